The molecule has 2 aliphatic heterocycles. The number of morpholine rings is 1. The number of anilines is 3. The highest BCUT2D eigenvalue weighted by molar-refractivity contribution is 7.99. The molecule has 11 heteroatoms. The molecule has 1 aliphatic carbocycles. The lowest BCUT2D eigenvalue weighted by Crippen LogP contribution is -2.38. The summed E-state index contributed by atoms with van der Waals surface area (Å²) in [5, 5.41) is 3.45. The Kier molecular flexibility index (Phi) is 8.00. The zero-order chi connectivity index (χ0) is 25.6. The van der Waals surface area contributed by atoms with Crippen molar-refractivity contribution in [1.29, 1.82) is 0 Å². The van der Waals surface area contributed by atoms with Crippen LogP contribution in [0.1, 0.15) is 30.3 Å². The lowest BCUT2D eigenvalue weighted by molar-refractivity contribution is 0.0957. The van der Waals surface area contributed by atoms with Crippen LogP contribution in [-0.2, 0) is 4.74 Å². The van der Waals surface area contributed by atoms with E-state index in [2.05, 4.69) is 56.3 Å². The molecule has 37 heavy (non-hydrogen) atoms. The maximum Gasteiger partial charge on any atom is 0.288 e. The average molecular weight is 524 g/mol. The maximum absolute atomic E-state index is 14.2. The van der Waals surface area contributed by atoms with E-state index in [9.17, 15) is 9.18 Å². The quantitative estimate of drug-likeness (QED) is 0.466. The number of thioether (sulfide) groups is 1. The van der Waals surface area contributed by atoms with Gasteiger partial charge < -0.3 is 15.0 Å². The van der Waals surface area contributed by atoms with Crippen LogP contribution in [0.4, 0.5) is 21.8 Å². The van der Waals surface area contributed by atoms with Crippen LogP contribution in [0.25, 0.3) is 0 Å². The van der Waals surface area contributed by atoms with Gasteiger partial charge in [0, 0.05) is 31.0 Å². The summed E-state index contributed by atoms with van der Waals surface area (Å²) in [6.07, 6.45) is 11.5. The fraction of sp³-hybridized carbons (Fsp3) is 0.385. The van der Waals surface area contributed by atoms with Crippen LogP contribution in [0.2, 0.25) is 0 Å². The number of rotatable bonds is 7. The van der Waals surface area contributed by atoms with Crippen molar-refractivity contribution < 1.29 is 13.9 Å². The zero-order valence-electron chi connectivity index (χ0n) is 20.7. The first-order valence-electron chi connectivity index (χ1n) is 12.4. The molecule has 1 atom stereocenters. The number of hydrazine groups is 1. The molecule has 2 fully saturated rings. The SMILES string of the molecule is CC1=CCC(Nc2ccc(C(=O)NNc3ncc(F)c(N4CCOCC4)n3)nc2)=CC(C2CCSC2)=C1. The Bertz CT molecular complexity index is 1220. The number of amides is 1. The fourth-order valence-electron chi connectivity index (χ4n) is 4.39. The molecule has 0 bridgehead atoms. The second kappa shape index (κ2) is 11.7. The van der Waals surface area contributed by atoms with E-state index < -0.39 is 11.7 Å². The molecule has 3 N–H and O–H groups in total. The third-order valence-electron chi connectivity index (χ3n) is 6.41. The molecular formula is C26H30FN7O2S. The molecule has 0 saturated carbocycles. The van der Waals surface area contributed by atoms with Gasteiger partial charge >= 0.3 is 0 Å². The van der Waals surface area contributed by atoms with Crippen LogP contribution < -0.4 is 21.1 Å². The normalized spacial score (nSPS) is 19.9. The molecule has 5 rings (SSSR count). The summed E-state index contributed by atoms with van der Waals surface area (Å²) >= 11 is 2.01. The highest BCUT2D eigenvalue weighted by Crippen LogP contribution is 2.33. The Labute approximate surface area is 219 Å². The summed E-state index contributed by atoms with van der Waals surface area (Å²) in [6.45, 7) is 4.22. The summed E-state index contributed by atoms with van der Waals surface area (Å²) in [7, 11) is 0. The number of allylic oxidation sites excluding steroid dienone is 5. The third-order valence-corrected chi connectivity index (χ3v) is 7.57. The second-order valence-corrected chi connectivity index (χ2v) is 10.3. The second-order valence-electron chi connectivity index (χ2n) is 9.13. The van der Waals surface area contributed by atoms with E-state index in [1.165, 1.54) is 29.1 Å². The minimum absolute atomic E-state index is 0.0858. The third kappa shape index (κ3) is 6.47. The average Bonchev–Trinajstić information content (AvgIpc) is 3.40. The van der Waals surface area contributed by atoms with Crippen molar-refractivity contribution in [2.75, 3.05) is 53.5 Å². The van der Waals surface area contributed by atoms with Gasteiger partial charge in [-0.1, -0.05) is 17.7 Å². The number of ether oxygens (including phenoxy) is 1. The van der Waals surface area contributed by atoms with E-state index in [0.717, 1.165) is 24.0 Å². The molecule has 1 amide bonds. The number of aromatic nitrogens is 3. The number of nitrogens with zero attached hydrogens (tertiary/aromatic N) is 4. The molecule has 194 valence electrons. The van der Waals surface area contributed by atoms with Crippen LogP contribution in [0.15, 0.2) is 59.6 Å². The standard InChI is InChI=1S/C26H30FN7O2S/c1-17-2-3-20(13-19(12-17)18-6-11-37-16-18)30-21-4-5-23(28-14-21)25(35)32-33-26-29-15-22(27)24(31-26)34-7-9-36-10-8-34/h2,4-5,12-15,18,30H,3,6-11,16H2,1H3,(H,32,35)(H,29,31,33). The molecule has 4 heterocycles. The topological polar surface area (TPSA) is 104 Å². The predicted molar refractivity (Wildman–Crippen MR) is 144 cm³/mol. The van der Waals surface area contributed by atoms with Crippen molar-refractivity contribution in [2.24, 2.45) is 5.92 Å². The van der Waals surface area contributed by atoms with Gasteiger partial charge in [-0.25, -0.2) is 14.4 Å². The highest BCUT2D eigenvalue weighted by Gasteiger charge is 2.21. The molecule has 0 aromatic carbocycles. The number of nitrogens with one attached hydrogen (secondary N) is 3. The monoisotopic (exact) mass is 523 g/mol. The van der Waals surface area contributed by atoms with E-state index in [1.54, 1.807) is 17.2 Å². The van der Waals surface area contributed by atoms with Crippen molar-refractivity contribution in [3.05, 3.63) is 71.1 Å². The number of hydrogen-bond acceptors (Lipinski definition) is 9. The largest absolute Gasteiger partial charge is 0.378 e. The first-order chi connectivity index (χ1) is 18.0. The fourth-order valence-corrected chi connectivity index (χ4v) is 5.66. The van der Waals surface area contributed by atoms with Crippen molar-refractivity contribution >= 4 is 35.1 Å². The molecule has 0 spiro atoms. The molecule has 2 aromatic rings. The smallest absolute Gasteiger partial charge is 0.288 e. The van der Waals surface area contributed by atoms with Crippen LogP contribution in [-0.4, -0.2) is 58.7 Å². The lowest BCUT2D eigenvalue weighted by atomic mass is 9.96. The molecule has 3 aliphatic rings. The van der Waals surface area contributed by atoms with Crippen LogP contribution >= 0.6 is 11.8 Å². The van der Waals surface area contributed by atoms with E-state index in [1.807, 2.05) is 17.8 Å². The summed E-state index contributed by atoms with van der Waals surface area (Å²) in [5.41, 5.74) is 9.95. The predicted octanol–water partition coefficient (Wildman–Crippen LogP) is 3.93. The van der Waals surface area contributed by atoms with Gasteiger partial charge in [-0.2, -0.15) is 16.7 Å². The van der Waals surface area contributed by atoms with Crippen molar-refractivity contribution in [3.63, 3.8) is 0 Å². The number of hydrogen-bond donors (Lipinski definition) is 3. The van der Waals surface area contributed by atoms with Gasteiger partial charge in [0.15, 0.2) is 11.6 Å². The van der Waals surface area contributed by atoms with E-state index in [-0.39, 0.29) is 17.5 Å². The zero-order valence-corrected chi connectivity index (χ0v) is 21.5. The maximum atomic E-state index is 14.2. The molecule has 9 nitrogen and oxygen atoms in total. The van der Waals surface area contributed by atoms with Gasteiger partial charge in [0.2, 0.25) is 5.95 Å². The van der Waals surface area contributed by atoms with Crippen LogP contribution in [0, 0.1) is 11.7 Å². The highest BCUT2D eigenvalue weighted by atomic mass is 32.2. The number of halogens is 1. The Balaban J connectivity index is 1.19. The molecule has 2 saturated heterocycles. The molecule has 0 radical (unpaired) electrons. The van der Waals surface area contributed by atoms with Gasteiger partial charge in [0.05, 0.1) is 31.3 Å². The lowest BCUT2D eigenvalue weighted by Gasteiger charge is -2.28. The minimum atomic E-state index is -0.525. The van der Waals surface area contributed by atoms with Crippen molar-refractivity contribution in [2.45, 2.75) is 19.8 Å². The summed E-state index contributed by atoms with van der Waals surface area (Å²) < 4.78 is 19.5. The van der Waals surface area contributed by atoms with Gasteiger partial charge in [-0.3, -0.25) is 15.6 Å². The Morgan fingerprint density at radius 3 is 2.81 bits per heavy atom. The molecule has 2 aromatic heterocycles. The van der Waals surface area contributed by atoms with Gasteiger partial charge in [0.25, 0.3) is 5.91 Å². The molecule has 1 unspecified atom stereocenters. The Morgan fingerprint density at radius 1 is 1.19 bits per heavy atom. The van der Waals surface area contributed by atoms with Gasteiger partial charge in [-0.05, 0) is 48.8 Å². The first kappa shape index (κ1) is 25.2. The first-order valence-corrected chi connectivity index (χ1v) is 13.5. The van der Waals surface area contributed by atoms with Gasteiger partial charge in [-0.15, -0.1) is 0 Å². The summed E-state index contributed by atoms with van der Waals surface area (Å²) in [6, 6.07) is 3.47. The van der Waals surface area contributed by atoms with E-state index in [4.69, 9.17) is 4.74 Å². The summed E-state index contributed by atoms with van der Waals surface area (Å²) in [4.78, 5) is 26.8. The van der Waals surface area contributed by atoms with Crippen molar-refractivity contribution in [3.8, 4) is 0 Å². The van der Waals surface area contributed by atoms with Crippen LogP contribution in [0.5, 0.6) is 0 Å². The Morgan fingerprint density at radius 2 is 2.05 bits per heavy atom. The van der Waals surface area contributed by atoms with E-state index >= 15 is 0 Å². The minimum Gasteiger partial charge on any atom is -0.378 e. The molecular weight excluding hydrogens is 493 g/mol. The van der Waals surface area contributed by atoms with Crippen molar-refractivity contribution in [1.82, 2.24) is 20.4 Å². The Hall–Kier alpha value is -3.44. The summed E-state index contributed by atoms with van der Waals surface area (Å²) in [5.74, 6) is 2.25. The van der Waals surface area contributed by atoms with Crippen LogP contribution in [0.3, 0.4) is 0 Å². The van der Waals surface area contributed by atoms with E-state index in [0.29, 0.717) is 32.2 Å². The van der Waals surface area contributed by atoms with Gasteiger partial charge in [0.1, 0.15) is 5.69 Å². The number of carbonyl (C=O) groups excluding carboxylic acids is 1. The number of pyridine rings is 1. The number of carbonyl (C=O) groups is 1.